The first-order valence-corrected chi connectivity index (χ1v) is 9.24. The van der Waals surface area contributed by atoms with Crippen molar-refractivity contribution in [3.63, 3.8) is 0 Å². The van der Waals surface area contributed by atoms with Crippen LogP contribution in [0, 0.1) is 11.8 Å². The van der Waals surface area contributed by atoms with E-state index in [9.17, 15) is 14.7 Å². The van der Waals surface area contributed by atoms with E-state index in [-0.39, 0.29) is 12.5 Å². The van der Waals surface area contributed by atoms with E-state index in [4.69, 9.17) is 14.2 Å². The van der Waals surface area contributed by atoms with E-state index in [2.05, 4.69) is 5.32 Å². The molecule has 0 radical (unpaired) electrons. The van der Waals surface area contributed by atoms with Crippen LogP contribution >= 0.6 is 0 Å². The van der Waals surface area contributed by atoms with E-state index >= 15 is 0 Å². The number of methoxy groups -OCH3 is 1. The second-order valence-corrected chi connectivity index (χ2v) is 6.84. The van der Waals surface area contributed by atoms with E-state index in [1.807, 2.05) is 36.4 Å². The fraction of sp³-hybridized carbons (Fsp3) is 0.429. The van der Waals surface area contributed by atoms with Gasteiger partial charge in [0.15, 0.2) is 0 Å². The van der Waals surface area contributed by atoms with Crippen LogP contribution in [0.1, 0.15) is 12.0 Å². The molecule has 0 aromatic heterocycles. The van der Waals surface area contributed by atoms with E-state index in [0.717, 1.165) is 5.56 Å². The molecule has 2 N–H and O–H groups in total. The normalized spacial score (nSPS) is 24.3. The van der Waals surface area contributed by atoms with Crippen molar-refractivity contribution in [2.45, 2.75) is 25.2 Å². The average Bonchev–Trinajstić information content (AvgIpc) is 3.17. The van der Waals surface area contributed by atoms with Crippen molar-refractivity contribution >= 4 is 11.9 Å². The maximum absolute atomic E-state index is 12.7. The van der Waals surface area contributed by atoms with Gasteiger partial charge in [0, 0.05) is 5.92 Å². The molecule has 0 fully saturated rings. The number of aliphatic hydroxyl groups excluding tert-OH is 1. The molecule has 1 aromatic rings. The van der Waals surface area contributed by atoms with Crippen LogP contribution in [-0.2, 0) is 30.2 Å². The van der Waals surface area contributed by atoms with E-state index in [0.29, 0.717) is 24.0 Å². The number of allylic oxidation sites excluding steroid dienone is 1. The third-order valence-electron chi connectivity index (χ3n) is 5.27. The second kappa shape index (κ2) is 9.03. The van der Waals surface area contributed by atoms with Crippen LogP contribution in [0.3, 0.4) is 0 Å². The molecule has 28 heavy (non-hydrogen) atoms. The number of carbonyl (C=O) groups is 2. The molecule has 150 valence electrons. The third-order valence-corrected chi connectivity index (χ3v) is 5.27. The van der Waals surface area contributed by atoms with E-state index in [1.54, 1.807) is 7.05 Å². The number of hydrogen-bond donors (Lipinski definition) is 2. The Hall–Kier alpha value is -2.64. The van der Waals surface area contributed by atoms with Gasteiger partial charge in [-0.05, 0) is 31.0 Å². The van der Waals surface area contributed by atoms with Gasteiger partial charge in [-0.1, -0.05) is 36.4 Å². The summed E-state index contributed by atoms with van der Waals surface area (Å²) in [4.78, 5) is 24.8. The van der Waals surface area contributed by atoms with Gasteiger partial charge in [0.1, 0.15) is 6.04 Å². The molecule has 1 aliphatic heterocycles. The molecule has 3 rings (SSSR count). The Kier molecular flexibility index (Phi) is 6.49. The van der Waals surface area contributed by atoms with Gasteiger partial charge in [-0.2, -0.15) is 0 Å². The molecule has 7 heteroatoms. The number of ether oxygens (including phenoxy) is 3. The van der Waals surface area contributed by atoms with Crippen LogP contribution < -0.4 is 5.32 Å². The predicted octanol–water partition coefficient (Wildman–Crippen LogP) is 1.33. The van der Waals surface area contributed by atoms with Crippen molar-refractivity contribution in [1.82, 2.24) is 5.32 Å². The number of aliphatic hydroxyl groups is 1. The van der Waals surface area contributed by atoms with Gasteiger partial charge in [-0.3, -0.25) is 4.79 Å². The number of nitrogens with one attached hydrogen (secondary N) is 1. The maximum Gasteiger partial charge on any atom is 0.337 e. The Morgan fingerprint density at radius 2 is 2.07 bits per heavy atom. The van der Waals surface area contributed by atoms with Crippen molar-refractivity contribution in [3.8, 4) is 0 Å². The highest BCUT2D eigenvalue weighted by Gasteiger charge is 2.46. The number of benzene rings is 1. The van der Waals surface area contributed by atoms with Gasteiger partial charge in [0.2, 0.25) is 0 Å². The zero-order valence-electron chi connectivity index (χ0n) is 16.0. The van der Waals surface area contributed by atoms with Crippen molar-refractivity contribution in [2.24, 2.45) is 11.8 Å². The molecule has 0 saturated heterocycles. The Labute approximate surface area is 164 Å². The molecule has 0 spiro atoms. The first-order valence-electron chi connectivity index (χ1n) is 9.24. The second-order valence-electron chi connectivity index (χ2n) is 6.84. The van der Waals surface area contributed by atoms with Crippen molar-refractivity contribution in [2.75, 3.05) is 20.8 Å². The minimum atomic E-state index is -0.904. The van der Waals surface area contributed by atoms with Gasteiger partial charge in [0.25, 0.3) is 6.29 Å². The molecular formula is C21H25NO6. The Bertz CT molecular complexity index is 772. The van der Waals surface area contributed by atoms with Crippen molar-refractivity contribution in [1.29, 1.82) is 0 Å². The van der Waals surface area contributed by atoms with Gasteiger partial charge >= 0.3 is 11.9 Å². The highest BCUT2D eigenvalue weighted by molar-refractivity contribution is 5.89. The third kappa shape index (κ3) is 4.10. The highest BCUT2D eigenvalue weighted by atomic mass is 16.7. The summed E-state index contributed by atoms with van der Waals surface area (Å²) >= 11 is 0. The minimum absolute atomic E-state index is 0.188. The van der Waals surface area contributed by atoms with Crippen LogP contribution in [0.15, 0.2) is 53.8 Å². The zero-order chi connectivity index (χ0) is 20.1. The summed E-state index contributed by atoms with van der Waals surface area (Å²) < 4.78 is 16.1. The molecule has 0 saturated carbocycles. The highest BCUT2D eigenvalue weighted by Crippen LogP contribution is 2.43. The number of fused-ring (bicyclic) bond motifs is 1. The number of esters is 2. The van der Waals surface area contributed by atoms with E-state index < -0.39 is 30.2 Å². The topological polar surface area (TPSA) is 94.1 Å². The molecule has 2 aliphatic rings. The first-order chi connectivity index (χ1) is 13.6. The van der Waals surface area contributed by atoms with Gasteiger partial charge in [-0.25, -0.2) is 4.79 Å². The van der Waals surface area contributed by atoms with Crippen molar-refractivity contribution < 1.29 is 28.9 Å². The van der Waals surface area contributed by atoms with Crippen LogP contribution in [0.25, 0.3) is 0 Å². The maximum atomic E-state index is 12.7. The van der Waals surface area contributed by atoms with Crippen LogP contribution in [0.5, 0.6) is 0 Å². The zero-order valence-corrected chi connectivity index (χ0v) is 16.0. The summed E-state index contributed by atoms with van der Waals surface area (Å²) in [6.07, 6.45) is 3.30. The molecular weight excluding hydrogens is 362 g/mol. The lowest BCUT2D eigenvalue weighted by Gasteiger charge is -2.34. The molecule has 1 heterocycles. The van der Waals surface area contributed by atoms with E-state index in [1.165, 1.54) is 13.4 Å². The Balaban J connectivity index is 1.74. The molecule has 4 atom stereocenters. The molecule has 1 aromatic carbocycles. The first kappa shape index (κ1) is 20.1. The summed E-state index contributed by atoms with van der Waals surface area (Å²) in [5.74, 6) is -1.59. The number of rotatable bonds is 7. The molecule has 7 nitrogen and oxygen atoms in total. The summed E-state index contributed by atoms with van der Waals surface area (Å²) in [6.45, 7) is -0.188. The average molecular weight is 387 g/mol. The summed E-state index contributed by atoms with van der Waals surface area (Å²) in [5, 5.41) is 12.7. The quantitative estimate of drug-likeness (QED) is 0.538. The van der Waals surface area contributed by atoms with Gasteiger partial charge in [0.05, 0.1) is 31.5 Å². The molecule has 0 bridgehead atoms. The van der Waals surface area contributed by atoms with Crippen LogP contribution in [0.4, 0.5) is 0 Å². The van der Waals surface area contributed by atoms with Crippen LogP contribution in [-0.4, -0.2) is 50.1 Å². The van der Waals surface area contributed by atoms with Gasteiger partial charge in [-0.15, -0.1) is 0 Å². The molecule has 1 unspecified atom stereocenters. The summed E-state index contributed by atoms with van der Waals surface area (Å²) in [6, 6.07) is 9.09. The lowest BCUT2D eigenvalue weighted by molar-refractivity contribution is -0.184. The predicted molar refractivity (Wildman–Crippen MR) is 101 cm³/mol. The lowest BCUT2D eigenvalue weighted by Crippen LogP contribution is -2.44. The largest absolute Gasteiger partial charge is 0.466 e. The summed E-state index contributed by atoms with van der Waals surface area (Å²) in [7, 11) is 3.00. The Morgan fingerprint density at radius 1 is 1.32 bits per heavy atom. The van der Waals surface area contributed by atoms with Gasteiger partial charge < -0.3 is 24.6 Å². The Morgan fingerprint density at radius 3 is 2.71 bits per heavy atom. The van der Waals surface area contributed by atoms with Crippen molar-refractivity contribution in [3.05, 3.63) is 59.4 Å². The SMILES string of the molecule is CNC(Cc1ccccc1)C(=O)O[C@@H]1OC=C(C(=O)OC)[C@H]2CC=C(CO)[C@@H]12. The fourth-order valence-corrected chi connectivity index (χ4v) is 3.75. The number of likely N-dealkylation sites (N-methyl/N-ethyl adjacent to an activating group) is 1. The minimum Gasteiger partial charge on any atom is -0.466 e. The molecule has 1 aliphatic carbocycles. The monoisotopic (exact) mass is 387 g/mol. The molecule has 0 amide bonds. The standard InChI is InChI=1S/C21H25NO6/c1-22-17(10-13-6-4-3-5-7-13)20(25)28-21-18-14(11-23)8-9-15(18)16(12-27-21)19(24)26-2/h3-8,12,15,17-18,21-23H,9-11H2,1-2H3/t15-,17?,18-,21+/m1/s1. The number of carbonyl (C=O) groups excluding carboxylic acids is 2. The van der Waals surface area contributed by atoms with Crippen LogP contribution in [0.2, 0.25) is 0 Å². The number of hydrogen-bond acceptors (Lipinski definition) is 7. The lowest BCUT2D eigenvalue weighted by atomic mass is 9.83. The smallest absolute Gasteiger partial charge is 0.337 e. The summed E-state index contributed by atoms with van der Waals surface area (Å²) in [5.41, 5.74) is 2.08. The fourth-order valence-electron chi connectivity index (χ4n) is 3.75.